The van der Waals surface area contributed by atoms with E-state index in [0.717, 1.165) is 48.1 Å². The summed E-state index contributed by atoms with van der Waals surface area (Å²) in [5, 5.41) is 10.2. The predicted molar refractivity (Wildman–Crippen MR) is 73.1 cm³/mol. The number of hydrogen-bond acceptors (Lipinski definition) is 5. The Morgan fingerprint density at radius 2 is 2.37 bits per heavy atom. The first-order valence-corrected chi connectivity index (χ1v) is 7.51. The van der Waals surface area contributed by atoms with Gasteiger partial charge in [-0.3, -0.25) is 4.79 Å². The summed E-state index contributed by atoms with van der Waals surface area (Å²) < 4.78 is 5.37. The van der Waals surface area contributed by atoms with Crippen LogP contribution < -0.4 is 4.90 Å². The molecule has 2 heterocycles. The number of ether oxygens (including phenoxy) is 1. The summed E-state index contributed by atoms with van der Waals surface area (Å²) in [6.07, 6.45) is 3.93. The maximum atomic E-state index is 11.3. The topological polar surface area (TPSA) is 62.7 Å². The second kappa shape index (κ2) is 5.09. The largest absolute Gasteiger partial charge is 0.481 e. The highest BCUT2D eigenvalue weighted by Gasteiger charge is 2.32. The van der Waals surface area contributed by atoms with E-state index in [1.807, 2.05) is 0 Å². The highest BCUT2D eigenvalue weighted by molar-refractivity contribution is 7.15. The Balaban J connectivity index is 1.84. The fourth-order valence-electron chi connectivity index (χ4n) is 2.88. The van der Waals surface area contributed by atoms with Crippen LogP contribution in [0, 0.1) is 0 Å². The molecule has 5 nitrogen and oxygen atoms in total. The van der Waals surface area contributed by atoms with Crippen molar-refractivity contribution in [3.8, 4) is 0 Å². The lowest BCUT2D eigenvalue weighted by Crippen LogP contribution is -2.22. The van der Waals surface area contributed by atoms with Crippen LogP contribution >= 0.6 is 11.3 Å². The number of thiazole rings is 1. The van der Waals surface area contributed by atoms with E-state index in [0.29, 0.717) is 6.42 Å². The molecular weight excluding hydrogens is 264 g/mol. The van der Waals surface area contributed by atoms with Crippen molar-refractivity contribution in [1.29, 1.82) is 0 Å². The lowest BCUT2D eigenvalue weighted by atomic mass is 9.91. The molecule has 1 N–H and O–H groups in total. The van der Waals surface area contributed by atoms with Gasteiger partial charge in [-0.2, -0.15) is 0 Å². The Morgan fingerprint density at radius 3 is 3.05 bits per heavy atom. The van der Waals surface area contributed by atoms with Crippen molar-refractivity contribution in [3.63, 3.8) is 0 Å². The number of aromatic nitrogens is 1. The first kappa shape index (κ1) is 12.9. The number of aryl methyl sites for hydroxylation is 1. The quantitative estimate of drug-likeness (QED) is 0.917. The van der Waals surface area contributed by atoms with Crippen LogP contribution in [0.3, 0.4) is 0 Å². The van der Waals surface area contributed by atoms with Crippen LogP contribution in [-0.2, 0) is 16.0 Å². The van der Waals surface area contributed by atoms with E-state index in [1.54, 1.807) is 18.4 Å². The van der Waals surface area contributed by atoms with E-state index >= 15 is 0 Å². The van der Waals surface area contributed by atoms with Crippen LogP contribution in [0.15, 0.2) is 0 Å². The minimum absolute atomic E-state index is 0.274. The molecule has 1 fully saturated rings. The van der Waals surface area contributed by atoms with E-state index in [2.05, 4.69) is 9.88 Å². The van der Waals surface area contributed by atoms with Crippen molar-refractivity contribution in [2.24, 2.45) is 0 Å². The zero-order chi connectivity index (χ0) is 13.4. The predicted octanol–water partition coefficient (Wildman–Crippen LogP) is 1.87. The number of nitrogens with zero attached hydrogens (tertiary/aromatic N) is 2. The Kier molecular flexibility index (Phi) is 3.45. The summed E-state index contributed by atoms with van der Waals surface area (Å²) in [5.41, 5.74) is 0.805. The second-order valence-corrected chi connectivity index (χ2v) is 6.24. The number of fused-ring (bicyclic) bond motifs is 1. The fraction of sp³-hybridized carbons (Fsp3) is 0.692. The maximum Gasteiger partial charge on any atom is 0.312 e. The molecule has 104 valence electrons. The molecule has 0 aromatic carbocycles. The van der Waals surface area contributed by atoms with Gasteiger partial charge in [-0.05, 0) is 25.7 Å². The Bertz CT molecular complexity index is 488. The summed E-state index contributed by atoms with van der Waals surface area (Å²) in [7, 11) is 1.74. The normalized spacial score (nSPS) is 26.5. The molecule has 0 amide bonds. The lowest BCUT2D eigenvalue weighted by Gasteiger charge is -2.16. The van der Waals surface area contributed by atoms with Gasteiger partial charge >= 0.3 is 5.97 Å². The maximum absolute atomic E-state index is 11.3. The lowest BCUT2D eigenvalue weighted by molar-refractivity contribution is -0.139. The first-order chi connectivity index (χ1) is 9.19. The van der Waals surface area contributed by atoms with Gasteiger partial charge in [-0.15, -0.1) is 11.3 Å². The SMILES string of the molecule is COC1CCN(c2nc3c(s2)CCCC3C(=O)O)C1. The molecule has 6 heteroatoms. The molecule has 19 heavy (non-hydrogen) atoms. The zero-order valence-electron chi connectivity index (χ0n) is 11.0. The molecule has 2 aliphatic rings. The van der Waals surface area contributed by atoms with Gasteiger partial charge in [0, 0.05) is 25.1 Å². The van der Waals surface area contributed by atoms with Crippen molar-refractivity contribution in [3.05, 3.63) is 10.6 Å². The minimum atomic E-state index is -0.742. The zero-order valence-corrected chi connectivity index (χ0v) is 11.8. The standard InChI is InChI=1S/C13H18N2O3S/c1-18-8-5-6-15(7-8)13-14-11-9(12(16)17)3-2-4-10(11)19-13/h8-9H,2-7H2,1H3,(H,16,17). The van der Waals surface area contributed by atoms with E-state index in [4.69, 9.17) is 4.74 Å². The molecule has 0 radical (unpaired) electrons. The third kappa shape index (κ3) is 2.34. The summed E-state index contributed by atoms with van der Waals surface area (Å²) in [5.74, 6) is -1.15. The van der Waals surface area contributed by atoms with E-state index < -0.39 is 11.9 Å². The first-order valence-electron chi connectivity index (χ1n) is 6.69. The second-order valence-electron chi connectivity index (χ2n) is 5.18. The van der Waals surface area contributed by atoms with Crippen LogP contribution in [0.5, 0.6) is 0 Å². The number of anilines is 1. The van der Waals surface area contributed by atoms with Gasteiger partial charge in [0.05, 0.1) is 11.8 Å². The van der Waals surface area contributed by atoms with Gasteiger partial charge in [0.1, 0.15) is 5.92 Å². The average molecular weight is 282 g/mol. The highest BCUT2D eigenvalue weighted by Crippen LogP contribution is 2.38. The monoisotopic (exact) mass is 282 g/mol. The number of rotatable bonds is 3. The number of carboxylic acid groups (broad SMARTS) is 1. The summed E-state index contributed by atoms with van der Waals surface area (Å²) in [6.45, 7) is 1.81. The van der Waals surface area contributed by atoms with Crippen LogP contribution in [-0.4, -0.2) is 42.4 Å². The number of carbonyl (C=O) groups is 1. The van der Waals surface area contributed by atoms with E-state index in [-0.39, 0.29) is 6.10 Å². The smallest absolute Gasteiger partial charge is 0.312 e. The van der Waals surface area contributed by atoms with Crippen molar-refractivity contribution in [2.75, 3.05) is 25.1 Å². The molecule has 2 atom stereocenters. The fourth-order valence-corrected chi connectivity index (χ4v) is 4.07. The van der Waals surface area contributed by atoms with Crippen LogP contribution in [0.25, 0.3) is 0 Å². The third-order valence-corrected chi connectivity index (χ3v) is 5.18. The number of aliphatic carboxylic acids is 1. The summed E-state index contributed by atoms with van der Waals surface area (Å²) in [4.78, 5) is 19.3. The molecule has 1 saturated heterocycles. The van der Waals surface area contributed by atoms with Gasteiger partial charge in [-0.1, -0.05) is 0 Å². The molecule has 3 rings (SSSR count). The highest BCUT2D eigenvalue weighted by atomic mass is 32.1. The van der Waals surface area contributed by atoms with Crippen LogP contribution in [0.4, 0.5) is 5.13 Å². The average Bonchev–Trinajstić information content (AvgIpc) is 3.03. The molecule has 0 saturated carbocycles. The van der Waals surface area contributed by atoms with Gasteiger partial charge in [-0.25, -0.2) is 4.98 Å². The van der Waals surface area contributed by atoms with Crippen molar-refractivity contribution in [2.45, 2.75) is 37.7 Å². The molecular formula is C13H18N2O3S. The van der Waals surface area contributed by atoms with Crippen molar-refractivity contribution >= 4 is 22.4 Å². The molecule has 1 aromatic heterocycles. The van der Waals surface area contributed by atoms with Crippen molar-refractivity contribution in [1.82, 2.24) is 4.98 Å². The summed E-state index contributed by atoms with van der Waals surface area (Å²) >= 11 is 1.66. The molecule has 2 unspecified atom stereocenters. The van der Waals surface area contributed by atoms with Crippen LogP contribution in [0.2, 0.25) is 0 Å². The number of hydrogen-bond donors (Lipinski definition) is 1. The Hall–Kier alpha value is -1.14. The molecule has 0 spiro atoms. The molecule has 1 aliphatic carbocycles. The van der Waals surface area contributed by atoms with Gasteiger partial charge < -0.3 is 14.7 Å². The van der Waals surface area contributed by atoms with E-state index in [9.17, 15) is 9.90 Å². The molecule has 0 bridgehead atoms. The summed E-state index contributed by atoms with van der Waals surface area (Å²) in [6, 6.07) is 0. The van der Waals surface area contributed by atoms with Gasteiger partial charge in [0.15, 0.2) is 5.13 Å². The molecule has 1 aliphatic heterocycles. The van der Waals surface area contributed by atoms with Crippen molar-refractivity contribution < 1.29 is 14.6 Å². The third-order valence-electron chi connectivity index (χ3n) is 3.99. The van der Waals surface area contributed by atoms with Gasteiger partial charge in [0.2, 0.25) is 0 Å². The Morgan fingerprint density at radius 1 is 1.53 bits per heavy atom. The van der Waals surface area contributed by atoms with Crippen LogP contribution in [0.1, 0.15) is 35.8 Å². The Labute approximate surface area is 116 Å². The number of carboxylic acids is 1. The van der Waals surface area contributed by atoms with Gasteiger partial charge in [0.25, 0.3) is 0 Å². The van der Waals surface area contributed by atoms with E-state index in [1.165, 1.54) is 0 Å². The number of methoxy groups -OCH3 is 1. The molecule has 1 aromatic rings. The minimum Gasteiger partial charge on any atom is -0.481 e.